The average molecular weight is 200 g/mol. The highest BCUT2D eigenvalue weighted by Crippen LogP contribution is 2.38. The molecule has 0 heterocycles. The molecule has 1 N–H and O–H groups in total. The van der Waals surface area contributed by atoms with E-state index in [1.165, 1.54) is 6.42 Å². The average Bonchev–Trinajstić information content (AvgIpc) is 2.02. The lowest BCUT2D eigenvalue weighted by molar-refractivity contribution is -0.0806. The molecule has 1 aliphatic carbocycles. The lowest BCUT2D eigenvalue weighted by Crippen LogP contribution is -2.42. The van der Waals surface area contributed by atoms with Crippen molar-refractivity contribution in [3.05, 3.63) is 0 Å². The Morgan fingerprint density at radius 1 is 1.21 bits per heavy atom. The molecule has 84 valence electrons. The van der Waals surface area contributed by atoms with Crippen LogP contribution in [0.1, 0.15) is 40.0 Å². The summed E-state index contributed by atoms with van der Waals surface area (Å²) in [5.74, 6) is 1.89. The molecule has 1 aliphatic rings. The number of rotatable bonds is 3. The fourth-order valence-electron chi connectivity index (χ4n) is 2.86. The molecule has 3 unspecified atom stereocenters. The van der Waals surface area contributed by atoms with E-state index < -0.39 is 5.60 Å². The Kier molecular flexibility index (Phi) is 3.96. The van der Waals surface area contributed by atoms with E-state index in [9.17, 15) is 5.11 Å². The predicted molar refractivity (Wildman–Crippen MR) is 58.2 cm³/mol. The van der Waals surface area contributed by atoms with Crippen LogP contribution in [0.4, 0.5) is 0 Å². The zero-order valence-corrected chi connectivity index (χ0v) is 9.92. The second-order valence-corrected chi connectivity index (χ2v) is 5.40. The van der Waals surface area contributed by atoms with Gasteiger partial charge in [0.2, 0.25) is 0 Å². The van der Waals surface area contributed by atoms with Crippen molar-refractivity contribution in [1.82, 2.24) is 0 Å². The Labute approximate surface area is 87.7 Å². The summed E-state index contributed by atoms with van der Waals surface area (Å²) in [5.41, 5.74) is -0.641. The van der Waals surface area contributed by atoms with Crippen molar-refractivity contribution < 1.29 is 9.84 Å². The molecular weight excluding hydrogens is 176 g/mol. The van der Waals surface area contributed by atoms with E-state index in [-0.39, 0.29) is 0 Å². The highest BCUT2D eigenvalue weighted by Gasteiger charge is 2.36. The zero-order chi connectivity index (χ0) is 10.8. The van der Waals surface area contributed by atoms with Gasteiger partial charge in [0.1, 0.15) is 0 Å². The maximum atomic E-state index is 10.2. The summed E-state index contributed by atoms with van der Waals surface area (Å²) in [6, 6.07) is 0. The Balaban J connectivity index is 2.57. The number of ether oxygens (including phenoxy) is 1. The minimum absolute atomic E-state index is 0.404. The molecule has 0 spiro atoms. The van der Waals surface area contributed by atoms with Crippen molar-refractivity contribution in [2.75, 3.05) is 13.7 Å². The quantitative estimate of drug-likeness (QED) is 0.758. The normalized spacial score (nSPS) is 37.9. The van der Waals surface area contributed by atoms with Crippen LogP contribution in [-0.4, -0.2) is 24.4 Å². The molecule has 0 aromatic rings. The largest absolute Gasteiger partial charge is 0.387 e. The molecule has 3 atom stereocenters. The first kappa shape index (κ1) is 12.0. The maximum absolute atomic E-state index is 10.2. The maximum Gasteiger partial charge on any atom is 0.0880 e. The van der Waals surface area contributed by atoms with Crippen molar-refractivity contribution in [3.8, 4) is 0 Å². The Morgan fingerprint density at radius 3 is 2.14 bits per heavy atom. The number of aliphatic hydroxyl groups is 1. The predicted octanol–water partition coefficient (Wildman–Crippen LogP) is 2.46. The van der Waals surface area contributed by atoms with E-state index in [0.717, 1.165) is 24.7 Å². The van der Waals surface area contributed by atoms with Gasteiger partial charge in [0, 0.05) is 7.11 Å². The minimum Gasteiger partial charge on any atom is -0.387 e. The second kappa shape index (κ2) is 4.63. The molecule has 1 saturated carbocycles. The molecule has 14 heavy (non-hydrogen) atoms. The topological polar surface area (TPSA) is 29.5 Å². The van der Waals surface area contributed by atoms with Crippen LogP contribution in [0.15, 0.2) is 0 Å². The van der Waals surface area contributed by atoms with Gasteiger partial charge in [-0.15, -0.1) is 0 Å². The fraction of sp³-hybridized carbons (Fsp3) is 1.00. The van der Waals surface area contributed by atoms with Crippen molar-refractivity contribution in [3.63, 3.8) is 0 Å². The number of hydrogen-bond acceptors (Lipinski definition) is 2. The number of hydrogen-bond donors (Lipinski definition) is 1. The standard InChI is InChI=1S/C12H24O2/c1-9-5-10(2)7-11(6-9)12(3,13)8-14-4/h9-11,13H,5-8H2,1-4H3. The Bertz CT molecular complexity index is 167. The van der Waals surface area contributed by atoms with E-state index in [1.807, 2.05) is 6.92 Å². The Hall–Kier alpha value is -0.0800. The van der Waals surface area contributed by atoms with Gasteiger partial charge < -0.3 is 9.84 Å². The molecule has 0 radical (unpaired) electrons. The summed E-state index contributed by atoms with van der Waals surface area (Å²) in [6.45, 7) is 6.93. The Morgan fingerprint density at radius 2 is 1.71 bits per heavy atom. The van der Waals surface area contributed by atoms with Crippen LogP contribution in [0, 0.1) is 17.8 Å². The van der Waals surface area contributed by atoms with Gasteiger partial charge in [-0.25, -0.2) is 0 Å². The molecule has 0 aromatic carbocycles. The van der Waals surface area contributed by atoms with Crippen molar-refractivity contribution in [2.45, 2.75) is 45.6 Å². The van der Waals surface area contributed by atoms with Crippen molar-refractivity contribution in [1.29, 1.82) is 0 Å². The van der Waals surface area contributed by atoms with Crippen LogP contribution in [0.2, 0.25) is 0 Å². The third-order valence-corrected chi connectivity index (χ3v) is 3.49. The summed E-state index contributed by atoms with van der Waals surface area (Å²) in [5, 5.41) is 10.2. The summed E-state index contributed by atoms with van der Waals surface area (Å²) in [4.78, 5) is 0. The van der Waals surface area contributed by atoms with E-state index >= 15 is 0 Å². The highest BCUT2D eigenvalue weighted by molar-refractivity contribution is 4.87. The molecule has 2 nitrogen and oxygen atoms in total. The SMILES string of the molecule is COCC(C)(O)C1CC(C)CC(C)C1. The highest BCUT2D eigenvalue weighted by atomic mass is 16.5. The summed E-state index contributed by atoms with van der Waals surface area (Å²) < 4.78 is 5.08. The fourth-order valence-corrected chi connectivity index (χ4v) is 2.86. The molecule has 1 rings (SSSR count). The van der Waals surface area contributed by atoms with Crippen LogP contribution >= 0.6 is 0 Å². The van der Waals surface area contributed by atoms with E-state index in [0.29, 0.717) is 12.5 Å². The molecule has 2 heteroatoms. The van der Waals surface area contributed by atoms with E-state index in [4.69, 9.17) is 4.74 Å². The first-order chi connectivity index (χ1) is 6.45. The van der Waals surface area contributed by atoms with E-state index in [1.54, 1.807) is 7.11 Å². The summed E-state index contributed by atoms with van der Waals surface area (Å²) in [6.07, 6.45) is 3.58. The van der Waals surface area contributed by atoms with Crippen LogP contribution < -0.4 is 0 Å². The van der Waals surface area contributed by atoms with Gasteiger partial charge in [-0.2, -0.15) is 0 Å². The van der Waals surface area contributed by atoms with Gasteiger partial charge in [-0.3, -0.25) is 0 Å². The third kappa shape index (κ3) is 2.96. The first-order valence-electron chi connectivity index (χ1n) is 5.67. The molecule has 0 amide bonds. The summed E-state index contributed by atoms with van der Waals surface area (Å²) in [7, 11) is 1.66. The lowest BCUT2D eigenvalue weighted by Gasteiger charge is -2.40. The van der Waals surface area contributed by atoms with Gasteiger partial charge in [0.25, 0.3) is 0 Å². The molecule has 0 aliphatic heterocycles. The van der Waals surface area contributed by atoms with Gasteiger partial charge in [-0.1, -0.05) is 13.8 Å². The van der Waals surface area contributed by atoms with Crippen LogP contribution in [0.5, 0.6) is 0 Å². The zero-order valence-electron chi connectivity index (χ0n) is 9.92. The first-order valence-corrected chi connectivity index (χ1v) is 5.67. The van der Waals surface area contributed by atoms with Gasteiger partial charge >= 0.3 is 0 Å². The smallest absolute Gasteiger partial charge is 0.0880 e. The van der Waals surface area contributed by atoms with Crippen LogP contribution in [-0.2, 0) is 4.74 Å². The van der Waals surface area contributed by atoms with Crippen LogP contribution in [0.3, 0.4) is 0 Å². The minimum atomic E-state index is -0.641. The molecule has 0 aromatic heterocycles. The lowest BCUT2D eigenvalue weighted by atomic mass is 9.70. The van der Waals surface area contributed by atoms with Crippen molar-refractivity contribution in [2.24, 2.45) is 17.8 Å². The number of methoxy groups -OCH3 is 1. The molecular formula is C12H24O2. The van der Waals surface area contributed by atoms with Gasteiger partial charge in [-0.05, 0) is 43.9 Å². The third-order valence-electron chi connectivity index (χ3n) is 3.49. The van der Waals surface area contributed by atoms with Crippen molar-refractivity contribution >= 4 is 0 Å². The second-order valence-electron chi connectivity index (χ2n) is 5.40. The van der Waals surface area contributed by atoms with E-state index in [2.05, 4.69) is 13.8 Å². The molecule has 0 saturated heterocycles. The van der Waals surface area contributed by atoms with Gasteiger partial charge in [0.05, 0.1) is 12.2 Å². The molecule has 1 fully saturated rings. The monoisotopic (exact) mass is 200 g/mol. The summed E-state index contributed by atoms with van der Waals surface area (Å²) >= 11 is 0. The molecule has 0 bridgehead atoms. The van der Waals surface area contributed by atoms with Crippen LogP contribution in [0.25, 0.3) is 0 Å². The van der Waals surface area contributed by atoms with Gasteiger partial charge in [0.15, 0.2) is 0 Å².